The predicted molar refractivity (Wildman–Crippen MR) is 95.1 cm³/mol. The minimum Gasteiger partial charge on any atom is -0.408 e. The van der Waals surface area contributed by atoms with Crippen LogP contribution in [-0.4, -0.2) is 16.3 Å². The maximum Gasteiger partial charge on any atom is 0.420 e. The Kier molecular flexibility index (Phi) is 4.35. The van der Waals surface area contributed by atoms with Gasteiger partial charge in [0.25, 0.3) is 5.91 Å². The Morgan fingerprint density at radius 3 is 2.72 bits per heavy atom. The van der Waals surface area contributed by atoms with Crippen molar-refractivity contribution in [3.05, 3.63) is 76.8 Å². The number of ketones is 1. The van der Waals surface area contributed by atoms with Crippen LogP contribution in [0.4, 0.5) is 5.69 Å². The van der Waals surface area contributed by atoms with Crippen molar-refractivity contribution in [2.45, 2.75) is 13.5 Å². The normalized spacial score (nSPS) is 10.6. The Balaban J connectivity index is 1.93. The molecule has 0 atom stereocenters. The summed E-state index contributed by atoms with van der Waals surface area (Å²) < 4.78 is 6.54. The highest BCUT2D eigenvalue weighted by Gasteiger charge is 2.13. The molecular weight excluding hydrogens is 320 g/mol. The van der Waals surface area contributed by atoms with Gasteiger partial charge in [0.2, 0.25) is 0 Å². The lowest BCUT2D eigenvalue weighted by Crippen LogP contribution is -2.14. The van der Waals surface area contributed by atoms with E-state index in [2.05, 4.69) is 11.9 Å². The quantitative estimate of drug-likeness (QED) is 0.573. The van der Waals surface area contributed by atoms with E-state index in [1.54, 1.807) is 48.5 Å². The number of Topliss-reactive ketones (excluding diaryl/α,β-unsaturated/α-hetero) is 1. The number of amides is 1. The number of nitrogens with zero attached hydrogens (tertiary/aromatic N) is 1. The molecule has 0 fully saturated rings. The first-order valence-corrected chi connectivity index (χ1v) is 7.66. The third-order valence-corrected chi connectivity index (χ3v) is 3.77. The van der Waals surface area contributed by atoms with Gasteiger partial charge in [0, 0.05) is 23.4 Å². The molecule has 3 rings (SSSR count). The fourth-order valence-electron chi connectivity index (χ4n) is 2.52. The van der Waals surface area contributed by atoms with Gasteiger partial charge in [0.05, 0.1) is 5.52 Å². The van der Waals surface area contributed by atoms with Crippen molar-refractivity contribution in [3.8, 4) is 0 Å². The van der Waals surface area contributed by atoms with Crippen molar-refractivity contribution in [2.24, 2.45) is 0 Å². The summed E-state index contributed by atoms with van der Waals surface area (Å²) in [5, 5.41) is 2.75. The van der Waals surface area contributed by atoms with Gasteiger partial charge in [-0.3, -0.25) is 14.2 Å². The number of benzene rings is 2. The van der Waals surface area contributed by atoms with Crippen LogP contribution in [0, 0.1) is 0 Å². The van der Waals surface area contributed by atoms with Crippen LogP contribution in [0.5, 0.6) is 0 Å². The molecule has 25 heavy (non-hydrogen) atoms. The summed E-state index contributed by atoms with van der Waals surface area (Å²) in [4.78, 5) is 35.7. The Morgan fingerprint density at radius 1 is 1.20 bits per heavy atom. The predicted octanol–water partition coefficient (Wildman–Crippen LogP) is 3.24. The van der Waals surface area contributed by atoms with Gasteiger partial charge < -0.3 is 9.73 Å². The van der Waals surface area contributed by atoms with Gasteiger partial charge in [0.1, 0.15) is 0 Å². The number of carbonyl (C=O) groups is 2. The molecule has 6 heteroatoms. The topological polar surface area (TPSA) is 81.3 Å². The highest BCUT2D eigenvalue weighted by Crippen LogP contribution is 2.17. The SMILES string of the molecule is C=CCn1c(=O)oc2ccc(C(=O)Nc3cccc(C(C)=O)c3)cc21. The molecule has 6 nitrogen and oxygen atoms in total. The summed E-state index contributed by atoms with van der Waals surface area (Å²) >= 11 is 0. The molecule has 0 unspecified atom stereocenters. The van der Waals surface area contributed by atoms with Gasteiger partial charge >= 0.3 is 5.76 Å². The minimum atomic E-state index is -0.499. The number of hydrogen-bond donors (Lipinski definition) is 1. The lowest BCUT2D eigenvalue weighted by atomic mass is 10.1. The average Bonchev–Trinajstić information content (AvgIpc) is 2.90. The van der Waals surface area contributed by atoms with E-state index in [4.69, 9.17) is 4.42 Å². The molecule has 1 aromatic heterocycles. The van der Waals surface area contributed by atoms with Gasteiger partial charge in [0.15, 0.2) is 11.4 Å². The van der Waals surface area contributed by atoms with E-state index < -0.39 is 5.76 Å². The summed E-state index contributed by atoms with van der Waals surface area (Å²) in [7, 11) is 0. The van der Waals surface area contributed by atoms with Crippen LogP contribution in [0.3, 0.4) is 0 Å². The van der Waals surface area contributed by atoms with Gasteiger partial charge in [-0.15, -0.1) is 6.58 Å². The molecule has 2 aromatic carbocycles. The first-order valence-electron chi connectivity index (χ1n) is 7.66. The van der Waals surface area contributed by atoms with Crippen molar-refractivity contribution in [1.29, 1.82) is 0 Å². The van der Waals surface area contributed by atoms with Gasteiger partial charge in [-0.2, -0.15) is 0 Å². The smallest absolute Gasteiger partial charge is 0.408 e. The lowest BCUT2D eigenvalue weighted by molar-refractivity contribution is 0.101. The Hall–Kier alpha value is -3.41. The highest BCUT2D eigenvalue weighted by atomic mass is 16.4. The summed E-state index contributed by atoms with van der Waals surface area (Å²) in [6, 6.07) is 11.5. The third kappa shape index (κ3) is 3.28. The molecule has 0 saturated heterocycles. The van der Waals surface area contributed by atoms with Crippen LogP contribution in [-0.2, 0) is 6.54 Å². The number of fused-ring (bicyclic) bond motifs is 1. The summed E-state index contributed by atoms with van der Waals surface area (Å²) in [5.74, 6) is -0.924. The molecule has 126 valence electrons. The molecule has 1 N–H and O–H groups in total. The van der Waals surface area contributed by atoms with Crippen molar-refractivity contribution >= 4 is 28.5 Å². The summed E-state index contributed by atoms with van der Waals surface area (Å²) in [6.07, 6.45) is 1.58. The molecule has 0 spiro atoms. The van der Waals surface area contributed by atoms with E-state index in [-0.39, 0.29) is 18.2 Å². The van der Waals surface area contributed by atoms with Gasteiger partial charge in [-0.1, -0.05) is 18.2 Å². The maximum atomic E-state index is 12.5. The average molecular weight is 336 g/mol. The van der Waals surface area contributed by atoms with Crippen molar-refractivity contribution in [3.63, 3.8) is 0 Å². The highest BCUT2D eigenvalue weighted by molar-refractivity contribution is 6.06. The second kappa shape index (κ2) is 6.60. The number of nitrogens with one attached hydrogen (secondary N) is 1. The molecule has 0 bridgehead atoms. The zero-order valence-corrected chi connectivity index (χ0v) is 13.6. The maximum absolute atomic E-state index is 12.5. The molecule has 0 aliphatic heterocycles. The molecule has 1 heterocycles. The molecular formula is C19H16N2O4. The number of rotatable bonds is 5. The van der Waals surface area contributed by atoms with E-state index in [0.29, 0.717) is 27.9 Å². The number of aromatic nitrogens is 1. The fraction of sp³-hybridized carbons (Fsp3) is 0.105. The minimum absolute atomic E-state index is 0.0793. The lowest BCUT2D eigenvalue weighted by Gasteiger charge is -2.07. The number of anilines is 1. The summed E-state index contributed by atoms with van der Waals surface area (Å²) in [6.45, 7) is 5.37. The van der Waals surface area contributed by atoms with Crippen molar-refractivity contribution in [2.75, 3.05) is 5.32 Å². The largest absolute Gasteiger partial charge is 0.420 e. The summed E-state index contributed by atoms with van der Waals surface area (Å²) in [5.41, 5.74) is 2.34. The zero-order chi connectivity index (χ0) is 18.0. The van der Waals surface area contributed by atoms with E-state index in [9.17, 15) is 14.4 Å². The fourth-order valence-corrected chi connectivity index (χ4v) is 2.52. The van der Waals surface area contributed by atoms with E-state index in [1.807, 2.05) is 0 Å². The first-order chi connectivity index (χ1) is 12.0. The van der Waals surface area contributed by atoms with E-state index in [1.165, 1.54) is 11.5 Å². The van der Waals surface area contributed by atoms with Crippen LogP contribution < -0.4 is 11.1 Å². The van der Waals surface area contributed by atoms with Crippen molar-refractivity contribution in [1.82, 2.24) is 4.57 Å². The molecule has 0 saturated carbocycles. The van der Waals surface area contributed by atoms with Crippen LogP contribution in [0.2, 0.25) is 0 Å². The van der Waals surface area contributed by atoms with E-state index in [0.717, 1.165) is 0 Å². The number of allylic oxidation sites excluding steroid dienone is 1. The number of oxazole rings is 1. The standard InChI is InChI=1S/C19H16N2O4/c1-3-9-21-16-11-14(7-8-17(16)25-19(21)24)18(23)20-15-6-4-5-13(10-15)12(2)22/h3-8,10-11H,1,9H2,2H3,(H,20,23). The van der Waals surface area contributed by atoms with Crippen molar-refractivity contribution < 1.29 is 14.0 Å². The molecule has 3 aromatic rings. The Bertz CT molecular complexity index is 1040. The number of hydrogen-bond acceptors (Lipinski definition) is 4. The third-order valence-electron chi connectivity index (χ3n) is 3.77. The van der Waals surface area contributed by atoms with Gasteiger partial charge in [-0.25, -0.2) is 4.79 Å². The number of carbonyl (C=O) groups excluding carboxylic acids is 2. The molecule has 1 amide bonds. The van der Waals surface area contributed by atoms with Crippen LogP contribution in [0.25, 0.3) is 11.1 Å². The Morgan fingerprint density at radius 2 is 2.00 bits per heavy atom. The Labute approximate surface area is 143 Å². The van der Waals surface area contributed by atoms with E-state index >= 15 is 0 Å². The molecule has 0 aliphatic rings. The van der Waals surface area contributed by atoms with Crippen LogP contribution in [0.1, 0.15) is 27.6 Å². The zero-order valence-electron chi connectivity index (χ0n) is 13.6. The second-order valence-electron chi connectivity index (χ2n) is 5.54. The van der Waals surface area contributed by atoms with Crippen LogP contribution in [0.15, 0.2) is 64.3 Å². The van der Waals surface area contributed by atoms with Gasteiger partial charge in [-0.05, 0) is 37.3 Å². The molecule has 0 radical (unpaired) electrons. The van der Waals surface area contributed by atoms with Crippen LogP contribution >= 0.6 is 0 Å². The second-order valence-corrected chi connectivity index (χ2v) is 5.54. The molecule has 0 aliphatic carbocycles. The first kappa shape index (κ1) is 16.4. The monoisotopic (exact) mass is 336 g/mol.